The second-order valence-corrected chi connectivity index (χ2v) is 7.42. The van der Waals surface area contributed by atoms with Crippen LogP contribution in [0, 0.1) is 17.8 Å². The van der Waals surface area contributed by atoms with Crippen LogP contribution >= 0.6 is 0 Å². The van der Waals surface area contributed by atoms with Crippen LogP contribution in [0.25, 0.3) is 0 Å². The average Bonchev–Trinajstić information content (AvgIpc) is 2.95. The zero-order chi connectivity index (χ0) is 17.7. The summed E-state index contributed by atoms with van der Waals surface area (Å²) in [7, 11) is 0. The monoisotopic (exact) mass is 338 g/mol. The molecule has 5 nitrogen and oxygen atoms in total. The molecule has 24 heavy (non-hydrogen) atoms. The Kier molecular flexibility index (Phi) is 6.99. The maximum absolute atomic E-state index is 11.6. The number of carbonyl (C=O) groups is 2. The molecule has 2 fully saturated rings. The summed E-state index contributed by atoms with van der Waals surface area (Å²) in [5.41, 5.74) is 0. The van der Waals surface area contributed by atoms with Gasteiger partial charge in [0.25, 0.3) is 0 Å². The van der Waals surface area contributed by atoms with Crippen molar-refractivity contribution in [2.75, 3.05) is 0 Å². The minimum Gasteiger partial charge on any atom is -0.458 e. The minimum atomic E-state index is -0.405. The van der Waals surface area contributed by atoms with Crippen LogP contribution in [0.2, 0.25) is 0 Å². The number of fused-ring (bicyclic) bond motifs is 1. The minimum absolute atomic E-state index is 0.0167. The third-order valence-electron chi connectivity index (χ3n) is 5.27. The third kappa shape index (κ3) is 5.42. The van der Waals surface area contributed by atoms with E-state index in [4.69, 9.17) is 4.74 Å². The van der Waals surface area contributed by atoms with Gasteiger partial charge < -0.3 is 14.9 Å². The van der Waals surface area contributed by atoms with Crippen molar-refractivity contribution in [1.82, 2.24) is 0 Å². The van der Waals surface area contributed by atoms with Gasteiger partial charge in [-0.25, -0.2) is 0 Å². The van der Waals surface area contributed by atoms with Crippen LogP contribution in [0.1, 0.15) is 58.8 Å². The molecule has 0 radical (unpaired) electrons. The van der Waals surface area contributed by atoms with Crippen LogP contribution in [-0.4, -0.2) is 40.3 Å². The second kappa shape index (κ2) is 8.77. The summed E-state index contributed by atoms with van der Waals surface area (Å²) < 4.78 is 5.35. The number of hydrogen-bond donors (Lipinski definition) is 2. The lowest BCUT2D eigenvalue weighted by molar-refractivity contribution is -0.144. The standard InChI is InChI=1S/C19H30O5/c1-12(20)5-3-4-6-16(24-13(2)21)7-8-17-18-11-15(22)9-14(18)10-19(17)23/h7-8,12,14,16-20,23H,3-6,9-11H2,1-2H3/t12?,14-,16?,17+,18+,19+/m0/s1. The lowest BCUT2D eigenvalue weighted by atomic mass is 9.90. The van der Waals surface area contributed by atoms with Gasteiger partial charge in [-0.15, -0.1) is 0 Å². The Morgan fingerprint density at radius 2 is 2.04 bits per heavy atom. The van der Waals surface area contributed by atoms with Crippen molar-refractivity contribution in [1.29, 1.82) is 0 Å². The van der Waals surface area contributed by atoms with E-state index in [0.29, 0.717) is 37.4 Å². The zero-order valence-electron chi connectivity index (χ0n) is 14.7. The van der Waals surface area contributed by atoms with E-state index in [1.54, 1.807) is 6.92 Å². The molecule has 0 saturated heterocycles. The summed E-state index contributed by atoms with van der Waals surface area (Å²) in [6.45, 7) is 3.16. The number of ether oxygens (including phenoxy) is 1. The van der Waals surface area contributed by atoms with Gasteiger partial charge in [-0.3, -0.25) is 9.59 Å². The van der Waals surface area contributed by atoms with E-state index in [1.165, 1.54) is 6.92 Å². The Morgan fingerprint density at radius 3 is 2.71 bits per heavy atom. The summed E-state index contributed by atoms with van der Waals surface area (Å²) >= 11 is 0. The number of esters is 1. The Bertz CT molecular complexity index is 470. The SMILES string of the molecule is CC(=O)OC(C=C[C@@H]1[C@@H]2CC(=O)C[C@H]2C[C@H]1O)CCCCC(C)O. The van der Waals surface area contributed by atoms with Gasteiger partial charge in [0.15, 0.2) is 0 Å². The number of rotatable bonds is 8. The van der Waals surface area contributed by atoms with E-state index >= 15 is 0 Å². The average molecular weight is 338 g/mol. The normalized spacial score (nSPS) is 32.1. The maximum atomic E-state index is 11.6. The first-order chi connectivity index (χ1) is 11.4. The lowest BCUT2D eigenvalue weighted by Gasteiger charge is -2.18. The molecule has 5 heteroatoms. The Balaban J connectivity index is 1.90. The van der Waals surface area contributed by atoms with Crippen molar-refractivity contribution in [3.63, 3.8) is 0 Å². The Morgan fingerprint density at radius 1 is 1.33 bits per heavy atom. The van der Waals surface area contributed by atoms with E-state index in [9.17, 15) is 19.8 Å². The number of hydrogen-bond acceptors (Lipinski definition) is 5. The number of aliphatic hydroxyl groups excluding tert-OH is 2. The number of Topliss-reactive ketones (excluding diaryl/α,β-unsaturated/α-hetero) is 1. The van der Waals surface area contributed by atoms with Gasteiger partial charge in [-0.2, -0.15) is 0 Å². The fourth-order valence-electron chi connectivity index (χ4n) is 4.13. The topological polar surface area (TPSA) is 83.8 Å². The molecule has 2 saturated carbocycles. The zero-order valence-corrected chi connectivity index (χ0v) is 14.7. The van der Waals surface area contributed by atoms with Gasteiger partial charge in [0.05, 0.1) is 12.2 Å². The van der Waals surface area contributed by atoms with E-state index in [-0.39, 0.29) is 30.0 Å². The summed E-state index contributed by atoms with van der Waals surface area (Å²) in [6.07, 6.45) is 7.86. The molecule has 0 spiro atoms. The predicted octanol–water partition coefficient (Wildman–Crippen LogP) is 2.39. The molecule has 0 aromatic carbocycles. The number of ketones is 1. The van der Waals surface area contributed by atoms with Gasteiger partial charge in [-0.05, 0) is 50.5 Å². The van der Waals surface area contributed by atoms with Crippen LogP contribution in [0.15, 0.2) is 12.2 Å². The predicted molar refractivity (Wildman–Crippen MR) is 90.2 cm³/mol. The molecule has 0 amide bonds. The lowest BCUT2D eigenvalue weighted by Crippen LogP contribution is -2.19. The molecule has 0 aliphatic heterocycles. The smallest absolute Gasteiger partial charge is 0.303 e. The molecule has 136 valence electrons. The van der Waals surface area contributed by atoms with Crippen molar-refractivity contribution in [2.45, 2.75) is 77.1 Å². The molecule has 2 aliphatic rings. The maximum Gasteiger partial charge on any atom is 0.303 e. The molecule has 2 aliphatic carbocycles. The molecular formula is C19H30O5. The van der Waals surface area contributed by atoms with Crippen LogP contribution in [0.4, 0.5) is 0 Å². The molecule has 6 atom stereocenters. The van der Waals surface area contributed by atoms with E-state index in [2.05, 4.69) is 0 Å². The molecule has 0 bridgehead atoms. The first kappa shape index (κ1) is 19.1. The van der Waals surface area contributed by atoms with Crippen molar-refractivity contribution in [2.24, 2.45) is 17.8 Å². The first-order valence-electron chi connectivity index (χ1n) is 9.10. The summed E-state index contributed by atoms with van der Waals surface area (Å²) in [4.78, 5) is 22.9. The van der Waals surface area contributed by atoms with E-state index < -0.39 is 6.10 Å². The molecule has 0 aromatic rings. The van der Waals surface area contributed by atoms with Gasteiger partial charge in [0.2, 0.25) is 0 Å². The van der Waals surface area contributed by atoms with E-state index in [0.717, 1.165) is 19.3 Å². The fourth-order valence-corrected chi connectivity index (χ4v) is 4.13. The summed E-state index contributed by atoms with van der Waals surface area (Å²) in [6, 6.07) is 0. The second-order valence-electron chi connectivity index (χ2n) is 7.42. The highest BCUT2D eigenvalue weighted by Crippen LogP contribution is 2.46. The molecule has 2 rings (SSSR count). The number of aliphatic hydroxyl groups is 2. The van der Waals surface area contributed by atoms with Crippen molar-refractivity contribution in [3.05, 3.63) is 12.2 Å². The van der Waals surface area contributed by atoms with Gasteiger partial charge >= 0.3 is 5.97 Å². The van der Waals surface area contributed by atoms with Crippen molar-refractivity contribution < 1.29 is 24.5 Å². The molecule has 0 heterocycles. The van der Waals surface area contributed by atoms with Crippen LogP contribution in [0.3, 0.4) is 0 Å². The largest absolute Gasteiger partial charge is 0.458 e. The third-order valence-corrected chi connectivity index (χ3v) is 5.27. The summed E-state index contributed by atoms with van der Waals surface area (Å²) in [5.74, 6) is 0.500. The number of carbonyl (C=O) groups excluding carboxylic acids is 2. The highest BCUT2D eigenvalue weighted by Gasteiger charge is 2.46. The highest BCUT2D eigenvalue weighted by atomic mass is 16.5. The fraction of sp³-hybridized carbons (Fsp3) is 0.789. The Hall–Kier alpha value is -1.20. The van der Waals surface area contributed by atoms with Crippen LogP contribution in [0.5, 0.6) is 0 Å². The first-order valence-corrected chi connectivity index (χ1v) is 9.10. The molecular weight excluding hydrogens is 308 g/mol. The summed E-state index contributed by atoms with van der Waals surface area (Å²) in [5, 5.41) is 19.5. The highest BCUT2D eigenvalue weighted by molar-refractivity contribution is 5.81. The van der Waals surface area contributed by atoms with Crippen molar-refractivity contribution >= 4 is 11.8 Å². The molecule has 0 aromatic heterocycles. The van der Waals surface area contributed by atoms with Gasteiger partial charge in [0, 0.05) is 25.7 Å². The van der Waals surface area contributed by atoms with Gasteiger partial charge in [0.1, 0.15) is 11.9 Å². The van der Waals surface area contributed by atoms with Crippen LogP contribution < -0.4 is 0 Å². The Labute approximate surface area is 144 Å². The van der Waals surface area contributed by atoms with Crippen molar-refractivity contribution in [3.8, 4) is 0 Å². The quantitative estimate of drug-likeness (QED) is 0.403. The number of unbranched alkanes of at least 4 members (excludes halogenated alkanes) is 1. The van der Waals surface area contributed by atoms with Gasteiger partial charge in [-0.1, -0.05) is 12.5 Å². The molecule has 2 N–H and O–H groups in total. The van der Waals surface area contributed by atoms with E-state index in [1.807, 2.05) is 12.2 Å². The molecule has 2 unspecified atom stereocenters. The van der Waals surface area contributed by atoms with Crippen LogP contribution in [-0.2, 0) is 14.3 Å².